The van der Waals surface area contributed by atoms with Crippen LogP contribution in [0.3, 0.4) is 0 Å². The molecule has 7 heteroatoms. The van der Waals surface area contributed by atoms with Gasteiger partial charge in [-0.05, 0) is 69.0 Å². The maximum Gasteiger partial charge on any atom is 0.338 e. The highest BCUT2D eigenvalue weighted by molar-refractivity contribution is 5.78. The monoisotopic (exact) mass is 401 g/mol. The van der Waals surface area contributed by atoms with E-state index in [1.807, 2.05) is 6.07 Å². The van der Waals surface area contributed by atoms with Crippen LogP contribution in [0.25, 0.3) is 0 Å². The van der Waals surface area contributed by atoms with Crippen LogP contribution in [0.5, 0.6) is 11.5 Å². The van der Waals surface area contributed by atoms with Crippen molar-refractivity contribution in [2.75, 3.05) is 27.0 Å². The van der Waals surface area contributed by atoms with Gasteiger partial charge < -0.3 is 24.1 Å². The first-order valence-electron chi connectivity index (χ1n) is 10.2. The smallest absolute Gasteiger partial charge is 0.338 e. The number of carbonyl (C=O) groups is 1. The van der Waals surface area contributed by atoms with E-state index < -0.39 is 17.7 Å². The van der Waals surface area contributed by atoms with Gasteiger partial charge in [0.25, 0.3) is 0 Å². The Bertz CT molecular complexity index is 888. The Labute approximate surface area is 170 Å². The first-order valence-corrected chi connectivity index (χ1v) is 10.2. The molecule has 0 saturated carbocycles. The van der Waals surface area contributed by atoms with Crippen LogP contribution in [0, 0.1) is 0 Å². The third-order valence-corrected chi connectivity index (χ3v) is 6.70. The summed E-state index contributed by atoms with van der Waals surface area (Å²) in [6, 6.07) is 4.11. The van der Waals surface area contributed by atoms with Gasteiger partial charge in [-0.3, -0.25) is 4.90 Å². The van der Waals surface area contributed by atoms with Gasteiger partial charge in [-0.15, -0.1) is 0 Å². The van der Waals surface area contributed by atoms with Crippen molar-refractivity contribution in [3.05, 3.63) is 35.1 Å². The van der Waals surface area contributed by atoms with E-state index in [0.717, 1.165) is 49.4 Å². The summed E-state index contributed by atoms with van der Waals surface area (Å²) in [7, 11) is 1.61. The molecule has 1 saturated heterocycles. The number of nitrogens with zero attached hydrogens (tertiary/aromatic N) is 1. The Balaban J connectivity index is 1.65. The van der Waals surface area contributed by atoms with E-state index in [0.29, 0.717) is 5.76 Å². The normalized spacial score (nSPS) is 30.1. The SMILES string of the molecule is COC1=C[C@]23CCCN2CCc2cc4c(cc2[C@@H]3[C@@H]1OC(=O)C(C)(C)O)OCO4. The fourth-order valence-corrected chi connectivity index (χ4v) is 5.35. The molecule has 3 aliphatic heterocycles. The minimum absolute atomic E-state index is 0.127. The van der Waals surface area contributed by atoms with Crippen LogP contribution in [0.1, 0.15) is 43.7 Å². The van der Waals surface area contributed by atoms with Gasteiger partial charge in [0.2, 0.25) is 6.79 Å². The van der Waals surface area contributed by atoms with Crippen LogP contribution in [-0.4, -0.2) is 60.2 Å². The Morgan fingerprint density at radius 2 is 2.03 bits per heavy atom. The van der Waals surface area contributed by atoms with Gasteiger partial charge in [-0.2, -0.15) is 0 Å². The van der Waals surface area contributed by atoms with Gasteiger partial charge in [-0.25, -0.2) is 4.79 Å². The minimum atomic E-state index is -1.58. The molecule has 1 aromatic carbocycles. The van der Waals surface area contributed by atoms with E-state index >= 15 is 0 Å². The predicted octanol–water partition coefficient (Wildman–Crippen LogP) is 2.12. The minimum Gasteiger partial charge on any atom is -0.497 e. The molecule has 4 aliphatic rings. The van der Waals surface area contributed by atoms with E-state index in [2.05, 4.69) is 17.0 Å². The number of rotatable bonds is 3. The van der Waals surface area contributed by atoms with E-state index in [4.69, 9.17) is 18.9 Å². The number of ether oxygens (including phenoxy) is 4. The summed E-state index contributed by atoms with van der Waals surface area (Å²) in [5, 5.41) is 10.2. The third kappa shape index (κ3) is 2.74. The lowest BCUT2D eigenvalue weighted by molar-refractivity contribution is -0.168. The van der Waals surface area contributed by atoms with E-state index in [1.54, 1.807) is 7.11 Å². The molecule has 0 aromatic heterocycles. The van der Waals surface area contributed by atoms with Gasteiger partial charge >= 0.3 is 5.97 Å². The number of aliphatic hydroxyl groups is 1. The van der Waals surface area contributed by atoms with Crippen molar-refractivity contribution in [2.24, 2.45) is 0 Å². The van der Waals surface area contributed by atoms with Crippen LogP contribution in [0.4, 0.5) is 0 Å². The molecule has 7 nitrogen and oxygen atoms in total. The number of benzene rings is 1. The fraction of sp³-hybridized carbons (Fsp3) is 0.591. The Hall–Kier alpha value is -2.25. The summed E-state index contributed by atoms with van der Waals surface area (Å²) in [6.45, 7) is 5.02. The highest BCUT2D eigenvalue weighted by Gasteiger charge is 2.58. The third-order valence-electron chi connectivity index (χ3n) is 6.70. The second-order valence-corrected chi connectivity index (χ2v) is 8.85. The molecule has 1 N–H and O–H groups in total. The highest BCUT2D eigenvalue weighted by atomic mass is 16.7. The number of hydrogen-bond donors (Lipinski definition) is 1. The van der Waals surface area contributed by atoms with Gasteiger partial charge in [0.05, 0.1) is 18.6 Å². The lowest BCUT2D eigenvalue weighted by atomic mass is 9.77. The summed E-state index contributed by atoms with van der Waals surface area (Å²) >= 11 is 0. The number of esters is 1. The quantitative estimate of drug-likeness (QED) is 0.778. The van der Waals surface area contributed by atoms with E-state index in [1.165, 1.54) is 19.4 Å². The number of carbonyl (C=O) groups excluding carboxylic acids is 1. The molecule has 3 heterocycles. The number of methoxy groups -OCH3 is 1. The molecule has 0 unspecified atom stereocenters. The zero-order chi connectivity index (χ0) is 20.4. The summed E-state index contributed by atoms with van der Waals surface area (Å²) in [4.78, 5) is 15.1. The lowest BCUT2D eigenvalue weighted by Gasteiger charge is -2.39. The second-order valence-electron chi connectivity index (χ2n) is 8.85. The molecular weight excluding hydrogens is 374 g/mol. The average molecular weight is 401 g/mol. The topological polar surface area (TPSA) is 77.5 Å². The van der Waals surface area contributed by atoms with Crippen molar-refractivity contribution in [1.29, 1.82) is 0 Å². The maximum atomic E-state index is 12.6. The van der Waals surface area contributed by atoms with E-state index in [-0.39, 0.29) is 18.2 Å². The first-order chi connectivity index (χ1) is 13.8. The second kappa shape index (κ2) is 6.37. The van der Waals surface area contributed by atoms with Crippen LogP contribution in [-0.2, 0) is 20.7 Å². The largest absolute Gasteiger partial charge is 0.497 e. The molecule has 1 aliphatic carbocycles. The first kappa shape index (κ1) is 18.8. The average Bonchev–Trinajstić information content (AvgIpc) is 3.35. The molecule has 1 spiro atoms. The van der Waals surface area contributed by atoms with Crippen LogP contribution >= 0.6 is 0 Å². The van der Waals surface area contributed by atoms with Crippen molar-refractivity contribution in [3.63, 3.8) is 0 Å². The Morgan fingerprint density at radius 1 is 1.28 bits per heavy atom. The molecule has 0 radical (unpaired) electrons. The zero-order valence-electron chi connectivity index (χ0n) is 17.1. The van der Waals surface area contributed by atoms with E-state index in [9.17, 15) is 9.90 Å². The maximum absolute atomic E-state index is 12.6. The number of fused-ring (bicyclic) bond motifs is 3. The van der Waals surface area contributed by atoms with Gasteiger partial charge in [0, 0.05) is 6.54 Å². The lowest BCUT2D eigenvalue weighted by Crippen LogP contribution is -2.48. The summed E-state index contributed by atoms with van der Waals surface area (Å²) in [5.74, 6) is 1.36. The molecule has 0 amide bonds. The summed E-state index contributed by atoms with van der Waals surface area (Å²) in [5.41, 5.74) is 0.444. The Kier molecular flexibility index (Phi) is 4.12. The molecule has 0 bridgehead atoms. The molecular formula is C22H27NO6. The van der Waals surface area contributed by atoms with Gasteiger partial charge in [0.15, 0.2) is 23.2 Å². The van der Waals surface area contributed by atoms with Crippen LogP contribution in [0.2, 0.25) is 0 Å². The van der Waals surface area contributed by atoms with Gasteiger partial charge in [-0.1, -0.05) is 0 Å². The molecule has 156 valence electrons. The predicted molar refractivity (Wildman–Crippen MR) is 104 cm³/mol. The summed E-state index contributed by atoms with van der Waals surface area (Å²) < 4.78 is 22.9. The molecule has 5 rings (SSSR count). The molecule has 29 heavy (non-hydrogen) atoms. The molecule has 1 aromatic rings. The van der Waals surface area contributed by atoms with Crippen molar-refractivity contribution < 1.29 is 28.8 Å². The number of hydrogen-bond acceptors (Lipinski definition) is 7. The molecule has 1 fully saturated rings. The van der Waals surface area contributed by atoms with Crippen LogP contribution < -0.4 is 9.47 Å². The zero-order valence-corrected chi connectivity index (χ0v) is 17.1. The highest BCUT2D eigenvalue weighted by Crippen LogP contribution is 2.55. The van der Waals surface area contributed by atoms with Crippen molar-refractivity contribution in [2.45, 2.75) is 56.3 Å². The van der Waals surface area contributed by atoms with Crippen molar-refractivity contribution in [1.82, 2.24) is 4.90 Å². The standard InChI is InChI=1S/C22H27NO6/c1-21(2,25)20(24)29-19-17(26-3)11-22-6-4-7-23(22)8-5-13-9-15-16(28-12-27-15)10-14(13)18(19)22/h9-11,18-19,25H,4-8,12H2,1-3H3/t18-,19-,22+/m1/s1. The molecule has 3 atom stereocenters. The van der Waals surface area contributed by atoms with Crippen LogP contribution in [0.15, 0.2) is 24.0 Å². The van der Waals surface area contributed by atoms with Crippen molar-refractivity contribution >= 4 is 5.97 Å². The van der Waals surface area contributed by atoms with Gasteiger partial charge in [0.1, 0.15) is 5.76 Å². The van der Waals surface area contributed by atoms with Crippen molar-refractivity contribution in [3.8, 4) is 11.5 Å². The summed E-state index contributed by atoms with van der Waals surface area (Å²) in [6.07, 6.45) is 4.49. The fourth-order valence-electron chi connectivity index (χ4n) is 5.35. The Morgan fingerprint density at radius 3 is 2.76 bits per heavy atom.